The highest BCUT2D eigenvalue weighted by atomic mass is 14.8. The van der Waals surface area contributed by atoms with Crippen molar-refractivity contribution in [2.45, 2.75) is 0 Å². The lowest BCUT2D eigenvalue weighted by Gasteiger charge is -1.98. The zero-order chi connectivity index (χ0) is 10.5. The van der Waals surface area contributed by atoms with E-state index in [0.717, 1.165) is 17.0 Å². The molecule has 0 N–H and O–H groups in total. The predicted molar refractivity (Wildman–Crippen MR) is 59.7 cm³/mol. The number of rotatable bonds is 1. The Kier molecular flexibility index (Phi) is 2.75. The Morgan fingerprint density at radius 2 is 1.67 bits per heavy atom. The summed E-state index contributed by atoms with van der Waals surface area (Å²) < 4.78 is 0. The molecule has 1 heterocycles. The largest absolute Gasteiger partial charge is 0.237 e. The van der Waals surface area contributed by atoms with Crippen LogP contribution in [0.4, 0.5) is 0 Å². The molecule has 0 saturated carbocycles. The first kappa shape index (κ1) is 9.42. The predicted octanol–water partition coefficient (Wildman–Crippen LogP) is 2.33. The van der Waals surface area contributed by atoms with Crippen LogP contribution in [-0.2, 0) is 0 Å². The lowest BCUT2D eigenvalue weighted by Crippen LogP contribution is -1.86. The average Bonchev–Trinajstić information content (AvgIpc) is 2.32. The Labute approximate surface area is 89.0 Å². The van der Waals surface area contributed by atoms with Crippen LogP contribution in [0.3, 0.4) is 0 Å². The van der Waals surface area contributed by atoms with Crippen molar-refractivity contribution in [3.63, 3.8) is 0 Å². The number of hydrogen-bond acceptors (Lipinski definition) is 2. The van der Waals surface area contributed by atoms with Gasteiger partial charge in [-0.2, -0.15) is 0 Å². The zero-order valence-corrected chi connectivity index (χ0v) is 8.14. The second kappa shape index (κ2) is 4.39. The molecule has 0 spiro atoms. The van der Waals surface area contributed by atoms with Crippen LogP contribution >= 0.6 is 0 Å². The molecule has 0 fully saturated rings. The van der Waals surface area contributed by atoms with Crippen molar-refractivity contribution in [2.24, 2.45) is 0 Å². The van der Waals surface area contributed by atoms with Crippen molar-refractivity contribution in [3.8, 4) is 23.2 Å². The van der Waals surface area contributed by atoms with Crippen LogP contribution in [0.5, 0.6) is 0 Å². The molecule has 0 aliphatic carbocycles. The van der Waals surface area contributed by atoms with E-state index in [1.54, 1.807) is 18.5 Å². The van der Waals surface area contributed by atoms with Gasteiger partial charge in [0, 0.05) is 30.4 Å². The van der Waals surface area contributed by atoms with Gasteiger partial charge in [-0.3, -0.25) is 0 Å². The van der Waals surface area contributed by atoms with Crippen molar-refractivity contribution in [1.82, 2.24) is 9.97 Å². The van der Waals surface area contributed by atoms with Gasteiger partial charge in [-0.15, -0.1) is 0 Å². The fraction of sp³-hybridized carbons (Fsp3) is 0. The molecule has 0 aliphatic heterocycles. The van der Waals surface area contributed by atoms with Crippen molar-refractivity contribution in [1.29, 1.82) is 0 Å². The molecule has 2 heteroatoms. The first-order chi connectivity index (χ1) is 7.40. The molecule has 1 aromatic carbocycles. The van der Waals surface area contributed by atoms with Crippen molar-refractivity contribution in [2.75, 3.05) is 0 Å². The molecule has 0 bridgehead atoms. The fourth-order valence-electron chi connectivity index (χ4n) is 1.25. The molecule has 0 unspecified atom stereocenters. The average molecular weight is 193 g/mol. The SMILES string of the molecule is [CH2]C#Cc1ccc(-c2ncccn2)cc1. The summed E-state index contributed by atoms with van der Waals surface area (Å²) in [6.07, 6.45) is 3.46. The van der Waals surface area contributed by atoms with Gasteiger partial charge in [-0.05, 0) is 30.3 Å². The lowest BCUT2D eigenvalue weighted by molar-refractivity contribution is 1.18. The van der Waals surface area contributed by atoms with Gasteiger partial charge in [0.25, 0.3) is 0 Å². The van der Waals surface area contributed by atoms with E-state index < -0.39 is 0 Å². The topological polar surface area (TPSA) is 25.8 Å². The summed E-state index contributed by atoms with van der Waals surface area (Å²) in [5, 5.41) is 0. The van der Waals surface area contributed by atoms with Gasteiger partial charge in [0.2, 0.25) is 0 Å². The van der Waals surface area contributed by atoms with Crippen molar-refractivity contribution < 1.29 is 0 Å². The molecule has 15 heavy (non-hydrogen) atoms. The fourth-order valence-corrected chi connectivity index (χ4v) is 1.25. The van der Waals surface area contributed by atoms with Crippen LogP contribution in [0.2, 0.25) is 0 Å². The third-order valence-electron chi connectivity index (χ3n) is 1.94. The second-order valence-corrected chi connectivity index (χ2v) is 2.95. The number of nitrogens with zero attached hydrogens (tertiary/aromatic N) is 2. The minimum Gasteiger partial charge on any atom is -0.237 e. The third-order valence-corrected chi connectivity index (χ3v) is 1.94. The molecule has 71 valence electrons. The Balaban J connectivity index is 2.35. The number of benzene rings is 1. The quantitative estimate of drug-likeness (QED) is 0.649. The molecule has 2 nitrogen and oxygen atoms in total. The Morgan fingerprint density at radius 3 is 2.27 bits per heavy atom. The molecule has 2 aromatic rings. The van der Waals surface area contributed by atoms with Crippen LogP contribution in [0, 0.1) is 18.8 Å². The van der Waals surface area contributed by atoms with Crippen LogP contribution in [0.15, 0.2) is 42.7 Å². The number of hydrogen-bond donors (Lipinski definition) is 0. The Hall–Kier alpha value is -2.14. The molecule has 0 aliphatic rings. The molecule has 1 radical (unpaired) electrons. The summed E-state index contributed by atoms with van der Waals surface area (Å²) in [6, 6.07) is 9.57. The second-order valence-electron chi connectivity index (χ2n) is 2.95. The van der Waals surface area contributed by atoms with Gasteiger partial charge in [-0.1, -0.05) is 11.8 Å². The van der Waals surface area contributed by atoms with Crippen LogP contribution in [0.1, 0.15) is 5.56 Å². The standard InChI is InChI=1S/C13H9N2/c1-2-4-11-5-7-12(8-6-11)13-14-9-3-10-15-13/h3,5-10H,1H2. The number of aromatic nitrogens is 2. The smallest absolute Gasteiger partial charge is 0.159 e. The van der Waals surface area contributed by atoms with Crippen LogP contribution in [0.25, 0.3) is 11.4 Å². The third kappa shape index (κ3) is 2.21. The van der Waals surface area contributed by atoms with E-state index in [-0.39, 0.29) is 0 Å². The molecule has 2 rings (SSSR count). The van der Waals surface area contributed by atoms with E-state index in [0.29, 0.717) is 0 Å². The van der Waals surface area contributed by atoms with Crippen molar-refractivity contribution in [3.05, 3.63) is 55.2 Å². The van der Waals surface area contributed by atoms with E-state index in [1.165, 1.54) is 0 Å². The summed E-state index contributed by atoms with van der Waals surface area (Å²) in [4.78, 5) is 8.33. The Bertz CT molecular complexity index is 490. The van der Waals surface area contributed by atoms with Gasteiger partial charge < -0.3 is 0 Å². The zero-order valence-electron chi connectivity index (χ0n) is 8.14. The first-order valence-corrected chi connectivity index (χ1v) is 4.56. The van der Waals surface area contributed by atoms with Gasteiger partial charge in [0.05, 0.1) is 0 Å². The highest BCUT2D eigenvalue weighted by Gasteiger charge is 1.98. The van der Waals surface area contributed by atoms with Gasteiger partial charge in [-0.25, -0.2) is 9.97 Å². The van der Waals surface area contributed by atoms with Crippen molar-refractivity contribution >= 4 is 0 Å². The first-order valence-electron chi connectivity index (χ1n) is 4.56. The monoisotopic (exact) mass is 193 g/mol. The summed E-state index contributed by atoms with van der Waals surface area (Å²) in [5.41, 5.74) is 1.94. The van der Waals surface area contributed by atoms with Crippen LogP contribution in [-0.4, -0.2) is 9.97 Å². The molecule has 0 saturated heterocycles. The summed E-state index contributed by atoms with van der Waals surface area (Å²) >= 11 is 0. The Morgan fingerprint density at radius 1 is 1.00 bits per heavy atom. The van der Waals surface area contributed by atoms with Gasteiger partial charge >= 0.3 is 0 Å². The maximum absolute atomic E-state index is 4.17. The van der Waals surface area contributed by atoms with Gasteiger partial charge in [0.15, 0.2) is 5.82 Å². The van der Waals surface area contributed by atoms with E-state index in [4.69, 9.17) is 0 Å². The van der Waals surface area contributed by atoms with E-state index in [1.807, 2.05) is 24.3 Å². The molecule has 1 aromatic heterocycles. The normalized spacial score (nSPS) is 9.13. The minimum atomic E-state index is 0.728. The highest BCUT2D eigenvalue weighted by molar-refractivity contribution is 5.56. The molecular weight excluding hydrogens is 184 g/mol. The molecule has 0 atom stereocenters. The molecular formula is C13H9N2. The maximum Gasteiger partial charge on any atom is 0.159 e. The maximum atomic E-state index is 4.17. The van der Waals surface area contributed by atoms with Crippen LogP contribution < -0.4 is 0 Å². The van der Waals surface area contributed by atoms with E-state index in [9.17, 15) is 0 Å². The van der Waals surface area contributed by atoms with Gasteiger partial charge in [0.1, 0.15) is 0 Å². The highest BCUT2D eigenvalue weighted by Crippen LogP contribution is 2.13. The minimum absolute atomic E-state index is 0.728. The molecule has 0 amide bonds. The summed E-state index contributed by atoms with van der Waals surface area (Å²) in [7, 11) is 0. The van der Waals surface area contributed by atoms with E-state index in [2.05, 4.69) is 28.7 Å². The van der Waals surface area contributed by atoms with E-state index >= 15 is 0 Å². The summed E-state index contributed by atoms with van der Waals surface area (Å²) in [5.74, 6) is 6.22. The summed E-state index contributed by atoms with van der Waals surface area (Å²) in [6.45, 7) is 3.48. The lowest BCUT2D eigenvalue weighted by atomic mass is 10.1.